The molecule has 1 saturated heterocycles. The molecule has 1 aromatic heterocycles. The minimum absolute atomic E-state index is 0.122. The molecule has 0 spiro atoms. The van der Waals surface area contributed by atoms with Crippen LogP contribution in [0.4, 0.5) is 0 Å². The molecule has 1 aliphatic heterocycles. The van der Waals surface area contributed by atoms with Crippen LogP contribution in [0.5, 0.6) is 0 Å². The van der Waals surface area contributed by atoms with Crippen molar-refractivity contribution in [3.05, 3.63) is 41.1 Å². The summed E-state index contributed by atoms with van der Waals surface area (Å²) in [4.78, 5) is 30.2. The predicted octanol–water partition coefficient (Wildman–Crippen LogP) is 2.79. The number of rotatable bonds is 2. The van der Waals surface area contributed by atoms with E-state index in [9.17, 15) is 14.7 Å². The van der Waals surface area contributed by atoms with Gasteiger partial charge in [-0.1, -0.05) is 12.1 Å². The third kappa shape index (κ3) is 3.04. The van der Waals surface area contributed by atoms with E-state index < -0.39 is 11.9 Å². The molecule has 0 radical (unpaired) electrons. The minimum Gasteiger partial charge on any atom is -0.481 e. The molecule has 1 atom stereocenters. The van der Waals surface area contributed by atoms with E-state index in [-0.39, 0.29) is 12.5 Å². The van der Waals surface area contributed by atoms with Crippen molar-refractivity contribution in [2.45, 2.75) is 26.7 Å². The lowest BCUT2D eigenvalue weighted by Gasteiger charge is -2.31. The lowest BCUT2D eigenvalue weighted by molar-refractivity contribution is -0.143. The fourth-order valence-corrected chi connectivity index (χ4v) is 3.12. The first-order valence-corrected chi connectivity index (χ1v) is 7.86. The van der Waals surface area contributed by atoms with E-state index in [2.05, 4.69) is 4.98 Å². The summed E-state index contributed by atoms with van der Waals surface area (Å²) in [7, 11) is 0. The molecular weight excluding hydrogens is 292 g/mol. The first kappa shape index (κ1) is 15.5. The molecule has 120 valence electrons. The quantitative estimate of drug-likeness (QED) is 0.925. The SMILES string of the molecule is Cc1ccc2cc(C(=O)N3CCC[C@@H](C(=O)O)C3)c(C)nc2c1. The molecule has 2 aromatic rings. The van der Waals surface area contributed by atoms with E-state index in [0.717, 1.165) is 22.9 Å². The van der Waals surface area contributed by atoms with E-state index in [1.807, 2.05) is 38.1 Å². The van der Waals surface area contributed by atoms with Crippen LogP contribution in [0.2, 0.25) is 0 Å². The van der Waals surface area contributed by atoms with Gasteiger partial charge in [-0.3, -0.25) is 14.6 Å². The van der Waals surface area contributed by atoms with E-state index in [1.165, 1.54) is 0 Å². The fraction of sp³-hybridized carbons (Fsp3) is 0.389. The topological polar surface area (TPSA) is 70.5 Å². The van der Waals surface area contributed by atoms with Crippen LogP contribution < -0.4 is 0 Å². The smallest absolute Gasteiger partial charge is 0.308 e. The summed E-state index contributed by atoms with van der Waals surface area (Å²) in [5.41, 5.74) is 3.25. The van der Waals surface area contributed by atoms with Crippen LogP contribution in [0.15, 0.2) is 24.3 Å². The number of piperidine rings is 1. The second kappa shape index (κ2) is 5.99. The molecule has 0 saturated carbocycles. The minimum atomic E-state index is -0.827. The number of likely N-dealkylation sites (tertiary alicyclic amines) is 1. The maximum absolute atomic E-state index is 12.8. The third-order valence-corrected chi connectivity index (χ3v) is 4.45. The number of carbonyl (C=O) groups is 2. The summed E-state index contributed by atoms with van der Waals surface area (Å²) >= 11 is 0. The molecule has 1 aliphatic rings. The summed E-state index contributed by atoms with van der Waals surface area (Å²) < 4.78 is 0. The molecule has 0 bridgehead atoms. The number of aromatic nitrogens is 1. The Morgan fingerprint density at radius 3 is 2.78 bits per heavy atom. The van der Waals surface area contributed by atoms with Crippen molar-refractivity contribution in [3.63, 3.8) is 0 Å². The van der Waals surface area contributed by atoms with E-state index in [1.54, 1.807) is 4.90 Å². The highest BCUT2D eigenvalue weighted by molar-refractivity contribution is 5.99. The van der Waals surface area contributed by atoms with Crippen LogP contribution in [0.25, 0.3) is 10.9 Å². The number of carboxylic acids is 1. The second-order valence-electron chi connectivity index (χ2n) is 6.25. The first-order valence-electron chi connectivity index (χ1n) is 7.86. The average molecular weight is 312 g/mol. The zero-order valence-electron chi connectivity index (χ0n) is 13.4. The molecule has 5 heteroatoms. The maximum atomic E-state index is 12.8. The van der Waals surface area contributed by atoms with Gasteiger partial charge in [0.1, 0.15) is 0 Å². The Balaban J connectivity index is 1.92. The second-order valence-corrected chi connectivity index (χ2v) is 6.25. The molecule has 1 N–H and O–H groups in total. The van der Waals surface area contributed by atoms with Gasteiger partial charge in [0.15, 0.2) is 0 Å². The molecule has 1 aromatic carbocycles. The van der Waals surface area contributed by atoms with Crippen molar-refractivity contribution < 1.29 is 14.7 Å². The van der Waals surface area contributed by atoms with Crippen molar-refractivity contribution in [2.24, 2.45) is 5.92 Å². The molecule has 5 nitrogen and oxygen atoms in total. The van der Waals surface area contributed by atoms with Crippen molar-refractivity contribution >= 4 is 22.8 Å². The van der Waals surface area contributed by atoms with E-state index >= 15 is 0 Å². The van der Waals surface area contributed by atoms with Gasteiger partial charge in [-0.2, -0.15) is 0 Å². The Morgan fingerprint density at radius 2 is 2.04 bits per heavy atom. The largest absolute Gasteiger partial charge is 0.481 e. The standard InChI is InChI=1S/C18H20N2O3/c1-11-5-6-13-9-15(12(2)19-16(13)8-11)17(21)20-7-3-4-14(10-20)18(22)23/h5-6,8-9,14H,3-4,7,10H2,1-2H3,(H,22,23)/t14-/m1/s1. The third-order valence-electron chi connectivity index (χ3n) is 4.45. The zero-order chi connectivity index (χ0) is 16.6. The van der Waals surface area contributed by atoms with Crippen LogP contribution in [-0.2, 0) is 4.79 Å². The Labute approximate surface area is 134 Å². The summed E-state index contributed by atoms with van der Waals surface area (Å²) in [6.45, 7) is 4.72. The van der Waals surface area contributed by atoms with Gasteiger partial charge in [0.2, 0.25) is 0 Å². The normalized spacial score (nSPS) is 18.2. The number of fused-ring (bicyclic) bond motifs is 1. The van der Waals surface area contributed by atoms with Crippen molar-refractivity contribution in [2.75, 3.05) is 13.1 Å². The molecule has 0 aliphatic carbocycles. The lowest BCUT2D eigenvalue weighted by Crippen LogP contribution is -2.42. The number of carbonyl (C=O) groups excluding carboxylic acids is 1. The Morgan fingerprint density at radius 1 is 1.26 bits per heavy atom. The monoisotopic (exact) mass is 312 g/mol. The molecule has 1 fully saturated rings. The molecular formula is C18H20N2O3. The molecule has 23 heavy (non-hydrogen) atoms. The van der Waals surface area contributed by atoms with Gasteiger partial charge in [-0.25, -0.2) is 0 Å². The van der Waals surface area contributed by atoms with Crippen molar-refractivity contribution in [3.8, 4) is 0 Å². The number of hydrogen-bond acceptors (Lipinski definition) is 3. The Bertz CT molecular complexity index is 785. The highest BCUT2D eigenvalue weighted by Crippen LogP contribution is 2.22. The number of nitrogens with zero attached hydrogens (tertiary/aromatic N) is 2. The van der Waals surface area contributed by atoms with Crippen molar-refractivity contribution in [1.82, 2.24) is 9.88 Å². The van der Waals surface area contributed by atoms with Gasteiger partial charge < -0.3 is 10.0 Å². The fourth-order valence-electron chi connectivity index (χ4n) is 3.12. The van der Waals surface area contributed by atoms with Crippen LogP contribution in [-0.4, -0.2) is 40.0 Å². The number of carboxylic acid groups (broad SMARTS) is 1. The van der Waals surface area contributed by atoms with E-state index in [0.29, 0.717) is 24.2 Å². The highest BCUT2D eigenvalue weighted by Gasteiger charge is 2.29. The number of amides is 1. The predicted molar refractivity (Wildman–Crippen MR) is 87.5 cm³/mol. The van der Waals surface area contributed by atoms with Gasteiger partial charge >= 0.3 is 5.97 Å². The van der Waals surface area contributed by atoms with Gasteiger partial charge in [0, 0.05) is 18.5 Å². The first-order chi connectivity index (χ1) is 11.0. The summed E-state index contributed by atoms with van der Waals surface area (Å²) in [5.74, 6) is -1.42. The van der Waals surface area contributed by atoms with Gasteiger partial charge in [-0.05, 0) is 44.4 Å². The van der Waals surface area contributed by atoms with Crippen LogP contribution in [0.3, 0.4) is 0 Å². The summed E-state index contributed by atoms with van der Waals surface area (Å²) in [5, 5.41) is 10.1. The van der Waals surface area contributed by atoms with Crippen LogP contribution >= 0.6 is 0 Å². The van der Waals surface area contributed by atoms with Gasteiger partial charge in [0.05, 0.1) is 22.7 Å². The number of hydrogen-bond donors (Lipinski definition) is 1. The number of benzene rings is 1. The number of aryl methyl sites for hydroxylation is 2. The Kier molecular flexibility index (Phi) is 4.03. The van der Waals surface area contributed by atoms with Crippen LogP contribution in [0.1, 0.15) is 34.5 Å². The molecule has 2 heterocycles. The molecule has 0 unspecified atom stereocenters. The van der Waals surface area contributed by atoms with Gasteiger partial charge in [0.25, 0.3) is 5.91 Å². The van der Waals surface area contributed by atoms with Crippen LogP contribution in [0, 0.1) is 19.8 Å². The zero-order valence-corrected chi connectivity index (χ0v) is 13.4. The summed E-state index contributed by atoms with van der Waals surface area (Å²) in [6.07, 6.45) is 1.36. The lowest BCUT2D eigenvalue weighted by atomic mass is 9.97. The highest BCUT2D eigenvalue weighted by atomic mass is 16.4. The molecule has 1 amide bonds. The maximum Gasteiger partial charge on any atom is 0.308 e. The average Bonchev–Trinajstić information content (AvgIpc) is 2.53. The number of pyridine rings is 1. The number of aliphatic carboxylic acids is 1. The van der Waals surface area contributed by atoms with Crippen molar-refractivity contribution in [1.29, 1.82) is 0 Å². The summed E-state index contributed by atoms with van der Waals surface area (Å²) in [6, 6.07) is 7.82. The molecule has 3 rings (SSSR count). The Hall–Kier alpha value is -2.43. The van der Waals surface area contributed by atoms with E-state index in [4.69, 9.17) is 0 Å². The van der Waals surface area contributed by atoms with Gasteiger partial charge in [-0.15, -0.1) is 0 Å².